The molecule has 0 bridgehead atoms. The number of unbranched alkanes of at least 4 members (excludes halogenated alkanes) is 3. The summed E-state index contributed by atoms with van der Waals surface area (Å²) in [7, 11) is 0. The van der Waals surface area contributed by atoms with Crippen molar-refractivity contribution in [2.45, 2.75) is 58.8 Å². The van der Waals surface area contributed by atoms with Gasteiger partial charge < -0.3 is 5.11 Å². The molecule has 0 fully saturated rings. The van der Waals surface area contributed by atoms with Gasteiger partial charge in [0.15, 0.2) is 0 Å². The van der Waals surface area contributed by atoms with Gasteiger partial charge in [0.25, 0.3) is 0 Å². The number of rotatable bonds is 10. The van der Waals surface area contributed by atoms with Crippen LogP contribution in [-0.4, -0.2) is 11.7 Å². The van der Waals surface area contributed by atoms with Gasteiger partial charge in [-0.1, -0.05) is 99.8 Å². The van der Waals surface area contributed by atoms with E-state index in [1.807, 2.05) is 0 Å². The Morgan fingerprint density at radius 1 is 0.621 bits per heavy atom. The monoisotopic (exact) mass is 386 g/mol. The van der Waals surface area contributed by atoms with Crippen LogP contribution in [0.15, 0.2) is 66.7 Å². The van der Waals surface area contributed by atoms with Crippen molar-refractivity contribution in [1.82, 2.24) is 0 Å². The van der Waals surface area contributed by atoms with Gasteiger partial charge in [0.2, 0.25) is 0 Å². The standard InChI is InChI=1S/C28H34O/c1-3-5-6-7-8-22-9-12-25(13-10-22)26-14-16-27(17-15-26)28-18-11-23(19-20-29)21-24(28)4-2/h9-18,21,29H,3-8,19-20H2,1-2H3. The van der Waals surface area contributed by atoms with Crippen LogP contribution < -0.4 is 0 Å². The van der Waals surface area contributed by atoms with E-state index in [0.29, 0.717) is 0 Å². The second-order valence-electron chi connectivity index (χ2n) is 7.90. The van der Waals surface area contributed by atoms with E-state index in [1.165, 1.54) is 71.0 Å². The van der Waals surface area contributed by atoms with Crippen LogP contribution in [0.25, 0.3) is 22.3 Å². The fourth-order valence-electron chi connectivity index (χ4n) is 3.97. The Morgan fingerprint density at radius 3 is 1.86 bits per heavy atom. The highest BCUT2D eigenvalue weighted by Crippen LogP contribution is 2.29. The highest BCUT2D eigenvalue weighted by Gasteiger charge is 2.06. The zero-order valence-electron chi connectivity index (χ0n) is 18.0. The topological polar surface area (TPSA) is 20.2 Å². The van der Waals surface area contributed by atoms with Crippen LogP contribution in [-0.2, 0) is 19.3 Å². The number of hydrogen-bond acceptors (Lipinski definition) is 1. The lowest BCUT2D eigenvalue weighted by atomic mass is 9.93. The molecule has 1 nitrogen and oxygen atoms in total. The molecule has 0 amide bonds. The molecular formula is C28H34O. The first-order valence-corrected chi connectivity index (χ1v) is 11.2. The Balaban J connectivity index is 1.72. The van der Waals surface area contributed by atoms with Gasteiger partial charge in [-0.3, -0.25) is 0 Å². The van der Waals surface area contributed by atoms with Gasteiger partial charge in [0, 0.05) is 6.61 Å². The van der Waals surface area contributed by atoms with Gasteiger partial charge in [-0.15, -0.1) is 0 Å². The highest BCUT2D eigenvalue weighted by atomic mass is 16.2. The minimum atomic E-state index is 0.203. The number of benzene rings is 3. The number of aryl methyl sites for hydroxylation is 2. The summed E-state index contributed by atoms with van der Waals surface area (Å²) >= 11 is 0. The molecule has 0 spiro atoms. The molecule has 0 heterocycles. The van der Waals surface area contributed by atoms with Crippen molar-refractivity contribution in [3.05, 3.63) is 83.4 Å². The van der Waals surface area contributed by atoms with Gasteiger partial charge in [0.1, 0.15) is 0 Å². The summed E-state index contributed by atoms with van der Waals surface area (Å²) in [5.41, 5.74) is 9.09. The van der Waals surface area contributed by atoms with E-state index in [4.69, 9.17) is 0 Å². The predicted octanol–water partition coefficient (Wildman–Crippen LogP) is 7.24. The van der Waals surface area contributed by atoms with Gasteiger partial charge in [-0.2, -0.15) is 0 Å². The molecule has 0 atom stereocenters. The average molecular weight is 387 g/mol. The van der Waals surface area contributed by atoms with E-state index in [0.717, 1.165) is 12.8 Å². The summed E-state index contributed by atoms with van der Waals surface area (Å²) in [6.45, 7) is 4.66. The molecule has 0 unspecified atom stereocenters. The molecular weight excluding hydrogens is 352 g/mol. The van der Waals surface area contributed by atoms with Crippen LogP contribution in [0.1, 0.15) is 56.2 Å². The van der Waals surface area contributed by atoms with E-state index in [1.54, 1.807) is 0 Å². The highest BCUT2D eigenvalue weighted by molar-refractivity contribution is 5.72. The van der Waals surface area contributed by atoms with Crippen LogP contribution >= 0.6 is 0 Å². The lowest BCUT2D eigenvalue weighted by Gasteiger charge is -2.12. The second kappa shape index (κ2) is 11.0. The summed E-state index contributed by atoms with van der Waals surface area (Å²) in [5, 5.41) is 9.19. The lowest BCUT2D eigenvalue weighted by Crippen LogP contribution is -1.95. The number of aliphatic hydroxyl groups is 1. The largest absolute Gasteiger partial charge is 0.396 e. The smallest absolute Gasteiger partial charge is 0.0471 e. The van der Waals surface area contributed by atoms with E-state index in [2.05, 4.69) is 80.6 Å². The number of hydrogen-bond donors (Lipinski definition) is 1. The molecule has 0 saturated heterocycles. The molecule has 1 heteroatoms. The lowest BCUT2D eigenvalue weighted by molar-refractivity contribution is 0.299. The summed E-state index contributed by atoms with van der Waals surface area (Å²) in [4.78, 5) is 0. The maximum Gasteiger partial charge on any atom is 0.0471 e. The van der Waals surface area contributed by atoms with E-state index in [-0.39, 0.29) is 6.61 Å². The third-order valence-corrected chi connectivity index (χ3v) is 5.75. The summed E-state index contributed by atoms with van der Waals surface area (Å²) in [6.07, 6.45) is 8.16. The van der Waals surface area contributed by atoms with E-state index >= 15 is 0 Å². The first-order valence-electron chi connectivity index (χ1n) is 11.2. The Labute approximate surface area is 176 Å². The number of aliphatic hydroxyl groups excluding tert-OH is 1. The van der Waals surface area contributed by atoms with E-state index < -0.39 is 0 Å². The van der Waals surface area contributed by atoms with Crippen molar-refractivity contribution < 1.29 is 5.11 Å². The third-order valence-electron chi connectivity index (χ3n) is 5.75. The minimum Gasteiger partial charge on any atom is -0.396 e. The fourth-order valence-corrected chi connectivity index (χ4v) is 3.97. The molecule has 0 saturated carbocycles. The Bertz CT molecular complexity index is 875. The molecule has 0 radical (unpaired) electrons. The van der Waals surface area contributed by atoms with Gasteiger partial charge in [0.05, 0.1) is 0 Å². The van der Waals surface area contributed by atoms with Crippen LogP contribution in [0.4, 0.5) is 0 Å². The van der Waals surface area contributed by atoms with Crippen LogP contribution in [0.5, 0.6) is 0 Å². The van der Waals surface area contributed by atoms with Crippen molar-refractivity contribution in [3.63, 3.8) is 0 Å². The quantitative estimate of drug-likeness (QED) is 0.364. The molecule has 152 valence electrons. The van der Waals surface area contributed by atoms with Crippen molar-refractivity contribution in [3.8, 4) is 22.3 Å². The molecule has 0 aliphatic heterocycles. The summed E-state index contributed by atoms with van der Waals surface area (Å²) in [5.74, 6) is 0. The Hall–Kier alpha value is -2.38. The zero-order valence-corrected chi connectivity index (χ0v) is 18.0. The summed E-state index contributed by atoms with van der Waals surface area (Å²) in [6, 6.07) is 24.6. The van der Waals surface area contributed by atoms with Crippen LogP contribution in [0, 0.1) is 0 Å². The normalized spacial score (nSPS) is 11.0. The van der Waals surface area contributed by atoms with Crippen molar-refractivity contribution in [1.29, 1.82) is 0 Å². The first kappa shape index (κ1) is 21.3. The third kappa shape index (κ3) is 5.81. The molecule has 3 aromatic rings. The van der Waals surface area contributed by atoms with Gasteiger partial charge in [-0.25, -0.2) is 0 Å². The van der Waals surface area contributed by atoms with E-state index in [9.17, 15) is 5.11 Å². The van der Waals surface area contributed by atoms with Crippen molar-refractivity contribution in [2.75, 3.05) is 6.61 Å². The molecule has 0 aliphatic rings. The van der Waals surface area contributed by atoms with Crippen molar-refractivity contribution >= 4 is 0 Å². The molecule has 0 aromatic heterocycles. The van der Waals surface area contributed by atoms with Crippen molar-refractivity contribution in [2.24, 2.45) is 0 Å². The fraction of sp³-hybridized carbons (Fsp3) is 0.357. The van der Waals surface area contributed by atoms with Gasteiger partial charge >= 0.3 is 0 Å². The molecule has 29 heavy (non-hydrogen) atoms. The Kier molecular flexibility index (Phi) is 8.07. The minimum absolute atomic E-state index is 0.203. The molecule has 1 N–H and O–H groups in total. The maximum absolute atomic E-state index is 9.19. The first-order chi connectivity index (χ1) is 14.2. The second-order valence-corrected chi connectivity index (χ2v) is 7.90. The molecule has 0 aliphatic carbocycles. The van der Waals surface area contributed by atoms with Crippen LogP contribution in [0.3, 0.4) is 0 Å². The van der Waals surface area contributed by atoms with Crippen LogP contribution in [0.2, 0.25) is 0 Å². The molecule has 3 rings (SSSR count). The zero-order chi connectivity index (χ0) is 20.5. The summed E-state index contributed by atoms with van der Waals surface area (Å²) < 4.78 is 0. The average Bonchev–Trinajstić information content (AvgIpc) is 2.77. The SMILES string of the molecule is CCCCCCc1ccc(-c2ccc(-c3ccc(CCO)cc3CC)cc2)cc1. The predicted molar refractivity (Wildman–Crippen MR) is 125 cm³/mol. The van der Waals surface area contributed by atoms with Gasteiger partial charge in [-0.05, 0) is 64.6 Å². The Morgan fingerprint density at radius 2 is 1.24 bits per heavy atom. The maximum atomic E-state index is 9.19. The molecule has 3 aromatic carbocycles.